The molecule has 7 nitrogen and oxygen atoms in total. The minimum Gasteiger partial charge on any atom is -0.496 e. The van der Waals surface area contributed by atoms with Crippen molar-refractivity contribution in [3.05, 3.63) is 28.5 Å². The lowest BCUT2D eigenvalue weighted by atomic mass is 9.74. The molecular weight excluding hydrogens is 352 g/mol. The van der Waals surface area contributed by atoms with Gasteiger partial charge in [0.05, 0.1) is 21.3 Å². The number of hydrogen-bond donors (Lipinski definition) is 1. The van der Waals surface area contributed by atoms with Crippen LogP contribution in [0.1, 0.15) is 17.3 Å². The number of carbonyl (C=O) groups is 2. The Morgan fingerprint density at radius 2 is 1.80 bits per heavy atom. The molecule has 1 aliphatic carbocycles. The van der Waals surface area contributed by atoms with Crippen molar-refractivity contribution in [2.24, 2.45) is 5.92 Å². The van der Waals surface area contributed by atoms with E-state index in [1.165, 1.54) is 34.3 Å². The van der Waals surface area contributed by atoms with Gasteiger partial charge in [0, 0.05) is 18.1 Å². The van der Waals surface area contributed by atoms with Gasteiger partial charge in [-0.3, -0.25) is 9.59 Å². The van der Waals surface area contributed by atoms with Crippen LogP contribution in [0, 0.1) is 5.92 Å². The minimum absolute atomic E-state index is 0.00795. The monoisotopic (exact) mass is 368 g/mol. The molecule has 0 aromatic heterocycles. The van der Waals surface area contributed by atoms with E-state index in [0.29, 0.717) is 0 Å². The maximum Gasteiger partial charge on any atom is 0.233 e. The lowest BCUT2D eigenvalue weighted by molar-refractivity contribution is -0.131. The van der Waals surface area contributed by atoms with Gasteiger partial charge in [-0.25, -0.2) is 0 Å². The van der Waals surface area contributed by atoms with E-state index in [2.05, 4.69) is 0 Å². The summed E-state index contributed by atoms with van der Waals surface area (Å²) in [5.74, 6) is -1.40. The second kappa shape index (κ2) is 5.93. The maximum atomic E-state index is 13.3. The van der Waals surface area contributed by atoms with Gasteiger partial charge in [-0.15, -0.1) is 0 Å². The van der Waals surface area contributed by atoms with E-state index in [0.717, 1.165) is 6.08 Å². The summed E-state index contributed by atoms with van der Waals surface area (Å²) in [6, 6.07) is 1.48. The summed E-state index contributed by atoms with van der Waals surface area (Å²) in [5, 5.41) is 10.3. The molecule has 134 valence electrons. The van der Waals surface area contributed by atoms with Crippen molar-refractivity contribution in [1.29, 1.82) is 0 Å². The number of benzene rings is 1. The third kappa shape index (κ3) is 2.15. The van der Waals surface area contributed by atoms with E-state index in [9.17, 15) is 14.7 Å². The number of methoxy groups -OCH3 is 3. The molecule has 0 amide bonds. The molecule has 1 N–H and O–H groups in total. The number of aliphatic hydroxyl groups is 1. The Hall–Kier alpha value is -2.25. The molecule has 1 aromatic rings. The van der Waals surface area contributed by atoms with E-state index in [1.807, 2.05) is 0 Å². The van der Waals surface area contributed by atoms with Crippen LogP contribution in [0.25, 0.3) is 0 Å². The van der Waals surface area contributed by atoms with Gasteiger partial charge < -0.3 is 24.1 Å². The molecule has 1 spiro atoms. The molecule has 0 radical (unpaired) electrons. The summed E-state index contributed by atoms with van der Waals surface area (Å²) < 4.78 is 21.7. The lowest BCUT2D eigenvalue weighted by Crippen LogP contribution is -2.57. The van der Waals surface area contributed by atoms with Gasteiger partial charge in [-0.2, -0.15) is 0 Å². The van der Waals surface area contributed by atoms with Gasteiger partial charge in [-0.05, 0) is 0 Å². The molecule has 25 heavy (non-hydrogen) atoms. The zero-order chi connectivity index (χ0) is 18.5. The molecule has 0 bridgehead atoms. The SMILES string of the molecule is COC1=CC(=O)[C@H](O)[C@H](C)[C@]12Oc1c(Cl)c(OC)cc(OC)c1C2=O. The first kappa shape index (κ1) is 17.6. The maximum absolute atomic E-state index is 13.3. The van der Waals surface area contributed by atoms with Crippen LogP contribution in [0.3, 0.4) is 0 Å². The van der Waals surface area contributed by atoms with Gasteiger partial charge in [0.25, 0.3) is 0 Å². The van der Waals surface area contributed by atoms with Gasteiger partial charge in [0.1, 0.15) is 28.2 Å². The fourth-order valence-corrected chi connectivity index (χ4v) is 3.55. The zero-order valence-corrected chi connectivity index (χ0v) is 14.8. The second-order valence-corrected chi connectivity index (χ2v) is 6.19. The third-order valence-electron chi connectivity index (χ3n) is 4.68. The van der Waals surface area contributed by atoms with Gasteiger partial charge in [0.15, 0.2) is 17.3 Å². The quantitative estimate of drug-likeness (QED) is 0.869. The molecule has 0 unspecified atom stereocenters. The Labute approximate surface area is 149 Å². The summed E-state index contributed by atoms with van der Waals surface area (Å²) in [6.45, 7) is 1.54. The van der Waals surface area contributed by atoms with Crippen molar-refractivity contribution in [1.82, 2.24) is 0 Å². The number of fused-ring (bicyclic) bond motifs is 1. The van der Waals surface area contributed by atoms with Crippen LogP contribution in [-0.4, -0.2) is 49.7 Å². The van der Waals surface area contributed by atoms with Crippen LogP contribution in [0.2, 0.25) is 5.02 Å². The van der Waals surface area contributed by atoms with E-state index < -0.39 is 29.2 Å². The lowest BCUT2D eigenvalue weighted by Gasteiger charge is -2.38. The molecule has 0 fully saturated rings. The molecule has 3 rings (SSSR count). The number of Topliss-reactive ketones (excluding diaryl/α,β-unsaturated/α-hetero) is 1. The van der Waals surface area contributed by atoms with Crippen molar-refractivity contribution >= 4 is 23.2 Å². The highest BCUT2D eigenvalue weighted by molar-refractivity contribution is 6.35. The van der Waals surface area contributed by atoms with Crippen LogP contribution in [0.4, 0.5) is 0 Å². The predicted molar refractivity (Wildman–Crippen MR) is 87.5 cm³/mol. The largest absolute Gasteiger partial charge is 0.496 e. The molecule has 1 aliphatic heterocycles. The second-order valence-electron chi connectivity index (χ2n) is 5.81. The van der Waals surface area contributed by atoms with E-state index >= 15 is 0 Å². The van der Waals surface area contributed by atoms with Crippen LogP contribution in [-0.2, 0) is 9.53 Å². The first-order valence-electron chi connectivity index (χ1n) is 7.49. The van der Waals surface area contributed by atoms with Crippen LogP contribution < -0.4 is 14.2 Å². The topological polar surface area (TPSA) is 91.3 Å². The molecule has 2 aliphatic rings. The summed E-state index contributed by atoms with van der Waals surface area (Å²) in [6.07, 6.45) is -0.338. The number of halogens is 1. The molecule has 1 aromatic carbocycles. The summed E-state index contributed by atoms with van der Waals surface area (Å²) in [4.78, 5) is 25.2. The van der Waals surface area contributed by atoms with Crippen molar-refractivity contribution in [3.63, 3.8) is 0 Å². The highest BCUT2D eigenvalue weighted by Gasteiger charge is 2.62. The van der Waals surface area contributed by atoms with Gasteiger partial charge >= 0.3 is 0 Å². The number of ether oxygens (including phenoxy) is 4. The fourth-order valence-electron chi connectivity index (χ4n) is 3.29. The molecular formula is C17H17ClO7. The highest BCUT2D eigenvalue weighted by Crippen LogP contribution is 2.54. The van der Waals surface area contributed by atoms with E-state index in [4.69, 9.17) is 30.5 Å². The summed E-state index contributed by atoms with van der Waals surface area (Å²) in [7, 11) is 4.15. The molecule has 0 saturated heterocycles. The normalized spacial score (nSPS) is 27.7. The number of ketones is 2. The Morgan fingerprint density at radius 1 is 1.16 bits per heavy atom. The first-order chi connectivity index (χ1) is 11.8. The van der Waals surface area contributed by atoms with E-state index in [-0.39, 0.29) is 33.6 Å². The summed E-state index contributed by atoms with van der Waals surface area (Å²) in [5.41, 5.74) is -1.59. The molecule has 1 heterocycles. The van der Waals surface area contributed by atoms with Gasteiger partial charge in [-0.1, -0.05) is 18.5 Å². The standard InChI is InChI=1S/C17H17ClO7/c1-7-14(20)8(19)5-11(24-4)17(7)16(21)12-9(22-2)6-10(23-3)13(18)15(12)25-17/h5-7,14,20H,1-4H3/t7-,14+,17-/m0/s1. The van der Waals surface area contributed by atoms with Crippen LogP contribution >= 0.6 is 11.6 Å². The number of carbonyl (C=O) groups excluding carboxylic acids is 2. The Kier molecular flexibility index (Phi) is 4.17. The average molecular weight is 369 g/mol. The van der Waals surface area contributed by atoms with E-state index in [1.54, 1.807) is 0 Å². The fraction of sp³-hybridized carbons (Fsp3) is 0.412. The number of rotatable bonds is 3. The van der Waals surface area contributed by atoms with Crippen LogP contribution in [0.5, 0.6) is 17.2 Å². The molecule has 8 heteroatoms. The van der Waals surface area contributed by atoms with Crippen LogP contribution in [0.15, 0.2) is 17.9 Å². The average Bonchev–Trinajstić information content (AvgIpc) is 2.92. The van der Waals surface area contributed by atoms with Crippen molar-refractivity contribution in [2.75, 3.05) is 21.3 Å². The van der Waals surface area contributed by atoms with Crippen molar-refractivity contribution in [3.8, 4) is 17.2 Å². The zero-order valence-electron chi connectivity index (χ0n) is 14.1. The predicted octanol–water partition coefficient (Wildman–Crippen LogP) is 1.78. The Bertz CT molecular complexity index is 801. The van der Waals surface area contributed by atoms with Crippen molar-refractivity contribution in [2.45, 2.75) is 18.6 Å². The minimum atomic E-state index is -1.70. The number of aliphatic hydroxyl groups excluding tert-OH is 1. The first-order valence-corrected chi connectivity index (χ1v) is 7.87. The Morgan fingerprint density at radius 3 is 2.36 bits per heavy atom. The smallest absolute Gasteiger partial charge is 0.233 e. The summed E-state index contributed by atoms with van der Waals surface area (Å²) >= 11 is 6.31. The Balaban J connectivity index is 2.28. The number of hydrogen-bond acceptors (Lipinski definition) is 7. The highest BCUT2D eigenvalue weighted by atomic mass is 35.5. The molecule has 3 atom stereocenters. The van der Waals surface area contributed by atoms with Gasteiger partial charge in [0.2, 0.25) is 11.4 Å². The van der Waals surface area contributed by atoms with Crippen molar-refractivity contribution < 1.29 is 33.6 Å². The third-order valence-corrected chi connectivity index (χ3v) is 5.04. The molecule has 0 saturated carbocycles.